The van der Waals surface area contributed by atoms with Gasteiger partial charge in [-0.2, -0.15) is 0 Å². The summed E-state index contributed by atoms with van der Waals surface area (Å²) in [7, 11) is 0. The average molecular weight is 447 g/mol. The Morgan fingerprint density at radius 1 is 1.28 bits per heavy atom. The maximum Gasteiger partial charge on any atom is 0.276 e. The van der Waals surface area contributed by atoms with Gasteiger partial charge in [0.1, 0.15) is 17.2 Å². The summed E-state index contributed by atoms with van der Waals surface area (Å²) in [5, 5.41) is 13.1. The molecule has 170 valence electrons. The summed E-state index contributed by atoms with van der Waals surface area (Å²) in [5.41, 5.74) is -1.01. The van der Waals surface area contributed by atoms with E-state index in [1.54, 1.807) is 18.4 Å². The third-order valence-corrected chi connectivity index (χ3v) is 5.95. The maximum atomic E-state index is 13.9. The minimum Gasteiger partial charge on any atom is -0.503 e. The van der Waals surface area contributed by atoms with Gasteiger partial charge in [-0.25, -0.2) is 8.78 Å². The Labute approximate surface area is 182 Å². The Morgan fingerprint density at radius 2 is 2.03 bits per heavy atom. The molecule has 0 spiro atoms. The summed E-state index contributed by atoms with van der Waals surface area (Å²) in [6.45, 7) is 3.99. The SMILES string of the molecule is CCO[C@H]1[C@H]2CCc3c(C(=O)NCc4ccc(F)cc4F)c(=O)c(O)c(n32)C(=O)N1CC. The highest BCUT2D eigenvalue weighted by Crippen LogP contribution is 2.40. The molecular formula is C22H23F2N3O5. The van der Waals surface area contributed by atoms with Crippen LogP contribution in [0.5, 0.6) is 5.75 Å². The number of hydrogen-bond acceptors (Lipinski definition) is 5. The molecule has 8 nitrogen and oxygen atoms in total. The third-order valence-electron chi connectivity index (χ3n) is 5.95. The number of nitrogens with zero attached hydrogens (tertiary/aromatic N) is 2. The number of nitrogens with one attached hydrogen (secondary N) is 1. The van der Waals surface area contributed by atoms with E-state index in [-0.39, 0.29) is 29.4 Å². The first-order valence-corrected chi connectivity index (χ1v) is 10.4. The van der Waals surface area contributed by atoms with Crippen molar-refractivity contribution >= 4 is 11.8 Å². The first-order chi connectivity index (χ1) is 15.3. The van der Waals surface area contributed by atoms with Crippen LogP contribution in [0.1, 0.15) is 58.4 Å². The minimum atomic E-state index is -0.955. The number of carbonyl (C=O) groups is 2. The van der Waals surface area contributed by atoms with Crippen molar-refractivity contribution in [3.8, 4) is 5.75 Å². The molecule has 1 aromatic carbocycles. The summed E-state index contributed by atoms with van der Waals surface area (Å²) in [5.74, 6) is -3.72. The molecule has 4 rings (SSSR count). The topological polar surface area (TPSA) is 101 Å². The van der Waals surface area contributed by atoms with Gasteiger partial charge in [-0.1, -0.05) is 6.07 Å². The second-order valence-corrected chi connectivity index (χ2v) is 7.68. The number of aromatic nitrogens is 1. The van der Waals surface area contributed by atoms with Crippen LogP contribution in [-0.2, 0) is 17.7 Å². The number of pyridine rings is 1. The van der Waals surface area contributed by atoms with Gasteiger partial charge in [-0.05, 0) is 32.8 Å². The van der Waals surface area contributed by atoms with Gasteiger partial charge in [0.2, 0.25) is 5.43 Å². The lowest BCUT2D eigenvalue weighted by atomic mass is 10.1. The molecule has 0 bridgehead atoms. The Hall–Kier alpha value is -3.27. The zero-order chi connectivity index (χ0) is 23.2. The molecular weight excluding hydrogens is 424 g/mol. The third kappa shape index (κ3) is 3.35. The van der Waals surface area contributed by atoms with E-state index in [0.29, 0.717) is 37.8 Å². The van der Waals surface area contributed by atoms with Crippen molar-refractivity contribution in [2.75, 3.05) is 13.2 Å². The van der Waals surface area contributed by atoms with Gasteiger partial charge in [-0.15, -0.1) is 0 Å². The van der Waals surface area contributed by atoms with Gasteiger partial charge >= 0.3 is 0 Å². The van der Waals surface area contributed by atoms with Gasteiger partial charge in [0.15, 0.2) is 17.7 Å². The van der Waals surface area contributed by atoms with Crippen molar-refractivity contribution in [3.63, 3.8) is 0 Å². The first-order valence-electron chi connectivity index (χ1n) is 10.4. The van der Waals surface area contributed by atoms with E-state index >= 15 is 0 Å². The molecule has 2 aliphatic heterocycles. The van der Waals surface area contributed by atoms with E-state index in [4.69, 9.17) is 4.74 Å². The summed E-state index contributed by atoms with van der Waals surface area (Å²) >= 11 is 0. The molecule has 2 aliphatic rings. The van der Waals surface area contributed by atoms with Crippen molar-refractivity contribution in [2.24, 2.45) is 0 Å². The number of rotatable bonds is 6. The van der Waals surface area contributed by atoms with Crippen LogP contribution >= 0.6 is 0 Å². The molecule has 0 fully saturated rings. The molecule has 3 heterocycles. The van der Waals surface area contributed by atoms with Crippen LogP contribution in [0.15, 0.2) is 23.0 Å². The van der Waals surface area contributed by atoms with E-state index in [1.165, 1.54) is 11.0 Å². The number of aromatic hydroxyl groups is 1. The highest BCUT2D eigenvalue weighted by atomic mass is 19.1. The second-order valence-electron chi connectivity index (χ2n) is 7.68. The molecule has 0 aliphatic carbocycles. The van der Waals surface area contributed by atoms with Crippen molar-refractivity contribution < 1.29 is 28.2 Å². The van der Waals surface area contributed by atoms with Crippen LogP contribution in [0.2, 0.25) is 0 Å². The normalized spacial score (nSPS) is 19.2. The van der Waals surface area contributed by atoms with Gasteiger partial charge in [0.25, 0.3) is 11.8 Å². The van der Waals surface area contributed by atoms with Crippen LogP contribution in [0.3, 0.4) is 0 Å². The number of ether oxygens (including phenoxy) is 1. The number of carbonyl (C=O) groups excluding carboxylic acids is 2. The fraction of sp³-hybridized carbons (Fsp3) is 0.409. The van der Waals surface area contributed by atoms with Crippen LogP contribution in [0.4, 0.5) is 8.78 Å². The molecule has 0 unspecified atom stereocenters. The predicted octanol–water partition coefficient (Wildman–Crippen LogP) is 2.09. The fourth-order valence-electron chi connectivity index (χ4n) is 4.54. The smallest absolute Gasteiger partial charge is 0.276 e. The van der Waals surface area contributed by atoms with Gasteiger partial charge in [0, 0.05) is 37.0 Å². The molecule has 32 heavy (non-hydrogen) atoms. The monoisotopic (exact) mass is 447 g/mol. The van der Waals surface area contributed by atoms with Crippen LogP contribution in [0.25, 0.3) is 0 Å². The van der Waals surface area contributed by atoms with Crippen molar-refractivity contribution in [1.82, 2.24) is 14.8 Å². The van der Waals surface area contributed by atoms with Gasteiger partial charge in [0.05, 0.1) is 6.04 Å². The highest BCUT2D eigenvalue weighted by molar-refractivity contribution is 6.00. The highest BCUT2D eigenvalue weighted by Gasteiger charge is 2.46. The fourth-order valence-corrected chi connectivity index (χ4v) is 4.54. The Kier molecular flexibility index (Phi) is 5.72. The number of benzene rings is 1. The molecule has 1 aromatic heterocycles. The van der Waals surface area contributed by atoms with E-state index in [2.05, 4.69) is 5.32 Å². The zero-order valence-corrected chi connectivity index (χ0v) is 17.7. The lowest BCUT2D eigenvalue weighted by molar-refractivity contribution is -0.0754. The van der Waals surface area contributed by atoms with Crippen LogP contribution in [0, 0.1) is 11.6 Å². The number of hydrogen-bond donors (Lipinski definition) is 2. The van der Waals surface area contributed by atoms with Crippen molar-refractivity contribution in [3.05, 3.63) is 62.6 Å². The molecule has 0 saturated heterocycles. The lowest BCUT2D eigenvalue weighted by Crippen LogP contribution is -2.52. The van der Waals surface area contributed by atoms with Gasteiger partial charge < -0.3 is 24.6 Å². The van der Waals surface area contributed by atoms with Crippen molar-refractivity contribution in [1.29, 1.82) is 0 Å². The average Bonchev–Trinajstić information content (AvgIpc) is 3.17. The number of likely N-dealkylation sites (N-methyl/N-ethyl adjacent to an activating group) is 1. The standard InChI is InChI=1S/C22H23F2N3O5/c1-3-26-21(31)17-19(29)18(28)16(14-7-8-15(27(14)17)22(26)32-4-2)20(30)25-10-11-5-6-12(23)9-13(11)24/h5-6,9,15,22,29H,3-4,7-8,10H2,1-2H3,(H,25,30)/t15-,22+/m1/s1. The molecule has 0 saturated carbocycles. The lowest BCUT2D eigenvalue weighted by Gasteiger charge is -2.41. The summed E-state index contributed by atoms with van der Waals surface area (Å²) in [6, 6.07) is 2.60. The first kappa shape index (κ1) is 21.9. The summed E-state index contributed by atoms with van der Waals surface area (Å²) in [6.07, 6.45) is 0.254. The van der Waals surface area contributed by atoms with E-state index in [9.17, 15) is 28.3 Å². The number of amides is 2. The van der Waals surface area contributed by atoms with E-state index in [0.717, 1.165) is 6.07 Å². The molecule has 2 N–H and O–H groups in total. The number of halogens is 2. The molecule has 0 radical (unpaired) electrons. The van der Waals surface area contributed by atoms with Crippen molar-refractivity contribution in [2.45, 2.75) is 45.5 Å². The maximum absolute atomic E-state index is 13.9. The largest absolute Gasteiger partial charge is 0.503 e. The van der Waals surface area contributed by atoms with E-state index < -0.39 is 40.9 Å². The Balaban J connectivity index is 1.74. The molecule has 10 heteroatoms. The quantitative estimate of drug-likeness (QED) is 0.706. The summed E-state index contributed by atoms with van der Waals surface area (Å²) < 4.78 is 34.3. The minimum absolute atomic E-state index is 0.0431. The molecule has 2 aromatic rings. The zero-order valence-electron chi connectivity index (χ0n) is 17.7. The predicted molar refractivity (Wildman–Crippen MR) is 109 cm³/mol. The summed E-state index contributed by atoms with van der Waals surface area (Å²) in [4.78, 5) is 40.3. The Morgan fingerprint density at radius 3 is 2.69 bits per heavy atom. The van der Waals surface area contributed by atoms with Crippen LogP contribution < -0.4 is 10.7 Å². The van der Waals surface area contributed by atoms with E-state index in [1.807, 2.05) is 0 Å². The van der Waals surface area contributed by atoms with Gasteiger partial charge in [-0.3, -0.25) is 14.4 Å². The molecule has 2 atom stereocenters. The second kappa shape index (κ2) is 8.34. The molecule has 2 amide bonds. The van der Waals surface area contributed by atoms with Crippen LogP contribution in [-0.4, -0.2) is 45.8 Å². The Bertz CT molecular complexity index is 1160.